The maximum Gasteiger partial charge on any atom is 0.488 e. The van der Waals surface area contributed by atoms with E-state index in [9.17, 15) is 10.0 Å². The highest BCUT2D eigenvalue weighted by molar-refractivity contribution is 6.58. The third-order valence-electron chi connectivity index (χ3n) is 4.08. The molecule has 2 aliphatic carbocycles. The van der Waals surface area contributed by atoms with E-state index in [2.05, 4.69) is 11.0 Å². The zero-order chi connectivity index (χ0) is 13.2. The van der Waals surface area contributed by atoms with Crippen molar-refractivity contribution in [2.45, 2.75) is 32.2 Å². The molecule has 2 saturated carbocycles. The van der Waals surface area contributed by atoms with E-state index < -0.39 is 7.12 Å². The Hall–Kier alpha value is -0.835. The normalized spacial score (nSPS) is 18.9. The molecule has 102 valence electrons. The highest BCUT2D eigenvalue weighted by Gasteiger charge is 2.29. The Labute approximate surface area is 115 Å². The Morgan fingerprint density at radius 2 is 1.68 bits per heavy atom. The van der Waals surface area contributed by atoms with Crippen LogP contribution in [0.15, 0.2) is 24.3 Å². The SMILES string of the molecule is OB(O)c1cccc(CN(CC2CC2)CC2CC2)c1. The van der Waals surface area contributed by atoms with Crippen molar-refractivity contribution in [1.29, 1.82) is 0 Å². The van der Waals surface area contributed by atoms with Crippen molar-refractivity contribution in [3.8, 4) is 0 Å². The molecule has 2 fully saturated rings. The Balaban J connectivity index is 1.63. The van der Waals surface area contributed by atoms with Crippen molar-refractivity contribution >= 4 is 12.6 Å². The lowest BCUT2D eigenvalue weighted by molar-refractivity contribution is 0.244. The molecule has 3 rings (SSSR count). The van der Waals surface area contributed by atoms with E-state index >= 15 is 0 Å². The summed E-state index contributed by atoms with van der Waals surface area (Å²) in [6.07, 6.45) is 5.54. The summed E-state index contributed by atoms with van der Waals surface area (Å²) in [4.78, 5) is 2.55. The van der Waals surface area contributed by atoms with Gasteiger partial charge in [0.25, 0.3) is 0 Å². The van der Waals surface area contributed by atoms with E-state index in [4.69, 9.17) is 0 Å². The molecule has 0 saturated heterocycles. The summed E-state index contributed by atoms with van der Waals surface area (Å²) in [6.45, 7) is 3.36. The van der Waals surface area contributed by atoms with Gasteiger partial charge in [0.1, 0.15) is 0 Å². The first kappa shape index (κ1) is 13.2. The summed E-state index contributed by atoms with van der Waals surface area (Å²) >= 11 is 0. The van der Waals surface area contributed by atoms with Crippen molar-refractivity contribution in [2.24, 2.45) is 11.8 Å². The van der Waals surface area contributed by atoms with Gasteiger partial charge < -0.3 is 10.0 Å². The molecule has 1 aromatic carbocycles. The van der Waals surface area contributed by atoms with Crippen LogP contribution >= 0.6 is 0 Å². The van der Waals surface area contributed by atoms with Crippen LogP contribution in [0.4, 0.5) is 0 Å². The fourth-order valence-corrected chi connectivity index (χ4v) is 2.65. The van der Waals surface area contributed by atoms with Crippen LogP contribution in [0.2, 0.25) is 0 Å². The molecule has 19 heavy (non-hydrogen) atoms. The standard InChI is InChI=1S/C15H22BNO2/c18-16(19)15-3-1-2-14(8-15)11-17(9-12-4-5-12)10-13-6-7-13/h1-3,8,12-13,18-19H,4-7,9-11H2. The van der Waals surface area contributed by atoms with Gasteiger partial charge in [-0.05, 0) is 48.5 Å². The molecule has 0 aliphatic heterocycles. The number of rotatable bonds is 7. The van der Waals surface area contributed by atoms with Crippen LogP contribution in [0, 0.1) is 11.8 Å². The highest BCUT2D eigenvalue weighted by Crippen LogP contribution is 2.34. The molecule has 0 aromatic heterocycles. The van der Waals surface area contributed by atoms with Gasteiger partial charge in [-0.2, -0.15) is 0 Å². The van der Waals surface area contributed by atoms with E-state index in [-0.39, 0.29) is 0 Å². The minimum atomic E-state index is -1.36. The summed E-state index contributed by atoms with van der Waals surface area (Å²) in [5, 5.41) is 18.5. The molecule has 4 heteroatoms. The lowest BCUT2D eigenvalue weighted by atomic mass is 9.79. The quantitative estimate of drug-likeness (QED) is 0.718. The molecular weight excluding hydrogens is 237 g/mol. The van der Waals surface area contributed by atoms with Crippen molar-refractivity contribution in [1.82, 2.24) is 4.90 Å². The molecular formula is C15H22BNO2. The van der Waals surface area contributed by atoms with Gasteiger partial charge in [0.05, 0.1) is 0 Å². The summed E-state index contributed by atoms with van der Waals surface area (Å²) < 4.78 is 0. The van der Waals surface area contributed by atoms with Gasteiger partial charge >= 0.3 is 7.12 Å². The summed E-state index contributed by atoms with van der Waals surface area (Å²) in [6, 6.07) is 7.67. The van der Waals surface area contributed by atoms with Crippen LogP contribution in [0.1, 0.15) is 31.2 Å². The van der Waals surface area contributed by atoms with E-state index in [0.29, 0.717) is 5.46 Å². The van der Waals surface area contributed by atoms with Crippen LogP contribution in [-0.2, 0) is 6.54 Å². The zero-order valence-electron chi connectivity index (χ0n) is 11.3. The number of hydrogen-bond donors (Lipinski definition) is 2. The second-order valence-electron chi connectivity index (χ2n) is 6.20. The molecule has 1 aromatic rings. The molecule has 2 N–H and O–H groups in total. The number of hydrogen-bond acceptors (Lipinski definition) is 3. The van der Waals surface area contributed by atoms with Gasteiger partial charge in [0.2, 0.25) is 0 Å². The maximum atomic E-state index is 9.24. The van der Waals surface area contributed by atoms with Crippen LogP contribution < -0.4 is 5.46 Å². The number of nitrogens with zero attached hydrogens (tertiary/aromatic N) is 1. The maximum absolute atomic E-state index is 9.24. The Morgan fingerprint density at radius 3 is 2.21 bits per heavy atom. The minimum Gasteiger partial charge on any atom is -0.423 e. The summed E-state index contributed by atoms with van der Waals surface area (Å²) in [7, 11) is -1.36. The Morgan fingerprint density at radius 1 is 1.05 bits per heavy atom. The average Bonchev–Trinajstić information content (AvgIpc) is 3.25. The summed E-state index contributed by atoms with van der Waals surface area (Å²) in [5.74, 6) is 1.82. The average molecular weight is 259 g/mol. The van der Waals surface area contributed by atoms with Crippen molar-refractivity contribution < 1.29 is 10.0 Å². The first-order valence-electron chi connectivity index (χ1n) is 7.38. The third-order valence-corrected chi connectivity index (χ3v) is 4.08. The zero-order valence-corrected chi connectivity index (χ0v) is 11.3. The van der Waals surface area contributed by atoms with E-state index in [0.717, 1.165) is 18.4 Å². The van der Waals surface area contributed by atoms with E-state index in [1.165, 1.54) is 44.3 Å². The number of benzene rings is 1. The first-order valence-corrected chi connectivity index (χ1v) is 7.38. The fourth-order valence-electron chi connectivity index (χ4n) is 2.65. The summed E-state index contributed by atoms with van der Waals surface area (Å²) in [5.41, 5.74) is 1.78. The monoisotopic (exact) mass is 259 g/mol. The van der Waals surface area contributed by atoms with Crippen LogP contribution in [-0.4, -0.2) is 35.2 Å². The van der Waals surface area contributed by atoms with Crippen molar-refractivity contribution in [3.05, 3.63) is 29.8 Å². The predicted molar refractivity (Wildman–Crippen MR) is 77.0 cm³/mol. The highest BCUT2D eigenvalue weighted by atomic mass is 16.4. The fraction of sp³-hybridized carbons (Fsp3) is 0.600. The van der Waals surface area contributed by atoms with Gasteiger partial charge in [0.15, 0.2) is 0 Å². The molecule has 0 atom stereocenters. The molecule has 2 aliphatic rings. The van der Waals surface area contributed by atoms with Crippen LogP contribution in [0.5, 0.6) is 0 Å². The molecule has 0 radical (unpaired) electrons. The molecule has 0 bridgehead atoms. The predicted octanol–water partition coefficient (Wildman–Crippen LogP) is 0.988. The van der Waals surface area contributed by atoms with E-state index in [1.54, 1.807) is 6.07 Å². The second-order valence-corrected chi connectivity index (χ2v) is 6.20. The lowest BCUT2D eigenvalue weighted by Gasteiger charge is -2.22. The minimum absolute atomic E-state index is 0.593. The van der Waals surface area contributed by atoms with Crippen molar-refractivity contribution in [3.63, 3.8) is 0 Å². The smallest absolute Gasteiger partial charge is 0.423 e. The lowest BCUT2D eigenvalue weighted by Crippen LogP contribution is -2.31. The molecule has 0 spiro atoms. The van der Waals surface area contributed by atoms with Gasteiger partial charge in [-0.15, -0.1) is 0 Å². The van der Waals surface area contributed by atoms with Gasteiger partial charge in [-0.1, -0.05) is 24.3 Å². The Bertz CT molecular complexity index is 416. The van der Waals surface area contributed by atoms with Crippen molar-refractivity contribution in [2.75, 3.05) is 13.1 Å². The van der Waals surface area contributed by atoms with Crippen LogP contribution in [0.25, 0.3) is 0 Å². The van der Waals surface area contributed by atoms with E-state index in [1.807, 2.05) is 12.1 Å². The molecule has 3 nitrogen and oxygen atoms in total. The Kier molecular flexibility index (Phi) is 3.92. The topological polar surface area (TPSA) is 43.7 Å². The van der Waals surface area contributed by atoms with Crippen LogP contribution in [0.3, 0.4) is 0 Å². The molecule has 0 amide bonds. The second kappa shape index (κ2) is 5.65. The van der Waals surface area contributed by atoms with Gasteiger partial charge in [-0.3, -0.25) is 4.90 Å². The third kappa shape index (κ3) is 4.06. The van der Waals surface area contributed by atoms with Gasteiger partial charge in [0, 0.05) is 19.6 Å². The largest absolute Gasteiger partial charge is 0.488 e. The van der Waals surface area contributed by atoms with Gasteiger partial charge in [-0.25, -0.2) is 0 Å². The molecule has 0 unspecified atom stereocenters. The molecule has 0 heterocycles. The first-order chi connectivity index (χ1) is 9.20.